The summed E-state index contributed by atoms with van der Waals surface area (Å²) in [5, 5.41) is 2.86. The molecule has 3 rings (SSSR count). The molecule has 1 heterocycles. The lowest BCUT2D eigenvalue weighted by Gasteiger charge is -2.06. The molecule has 0 aliphatic rings. The molecule has 0 spiro atoms. The van der Waals surface area contributed by atoms with Crippen molar-refractivity contribution in [3.8, 4) is 17.1 Å². The Balaban J connectivity index is 1.51. The number of nitrogens with zero attached hydrogens (tertiary/aromatic N) is 1. The fourth-order valence-corrected chi connectivity index (χ4v) is 2.41. The van der Waals surface area contributed by atoms with Crippen LogP contribution in [0, 0.1) is 0 Å². The van der Waals surface area contributed by atoms with Gasteiger partial charge in [0.25, 0.3) is 0 Å². The van der Waals surface area contributed by atoms with Gasteiger partial charge in [0.2, 0.25) is 5.91 Å². The molecular weight excluding hydrogens is 316 g/mol. The number of aryl methyl sites for hydroxylation is 1. The molecule has 0 saturated heterocycles. The van der Waals surface area contributed by atoms with Crippen LogP contribution >= 0.6 is 0 Å². The summed E-state index contributed by atoms with van der Waals surface area (Å²) in [6.07, 6.45) is 2.45. The largest absolute Gasteiger partial charge is 0.494 e. The molecule has 0 bridgehead atoms. The fourth-order valence-electron chi connectivity index (χ4n) is 2.41. The van der Waals surface area contributed by atoms with E-state index in [2.05, 4.69) is 10.3 Å². The van der Waals surface area contributed by atoms with Gasteiger partial charge in [-0.1, -0.05) is 30.3 Å². The van der Waals surface area contributed by atoms with Crippen LogP contribution in [0.4, 0.5) is 5.69 Å². The smallest absolute Gasteiger partial charge is 0.224 e. The third-order valence-corrected chi connectivity index (χ3v) is 3.63. The lowest BCUT2D eigenvalue weighted by atomic mass is 10.2. The first-order valence-electron chi connectivity index (χ1n) is 8.27. The quantitative estimate of drug-likeness (QED) is 0.698. The molecule has 1 N–H and O–H groups in total. The summed E-state index contributed by atoms with van der Waals surface area (Å²) in [7, 11) is 0. The Morgan fingerprint density at radius 2 is 1.88 bits per heavy atom. The molecule has 0 aliphatic heterocycles. The monoisotopic (exact) mass is 336 g/mol. The van der Waals surface area contributed by atoms with Crippen LogP contribution in [0.3, 0.4) is 0 Å². The minimum Gasteiger partial charge on any atom is -0.494 e. The Hall–Kier alpha value is -3.08. The zero-order valence-electron chi connectivity index (χ0n) is 14.1. The normalized spacial score (nSPS) is 10.4. The highest BCUT2D eigenvalue weighted by molar-refractivity contribution is 5.90. The van der Waals surface area contributed by atoms with Gasteiger partial charge in [0.05, 0.1) is 12.8 Å². The number of carbonyl (C=O) groups excluding carboxylic acids is 1. The molecule has 0 saturated carbocycles. The van der Waals surface area contributed by atoms with Crippen molar-refractivity contribution in [2.75, 3.05) is 11.9 Å². The number of rotatable bonds is 7. The van der Waals surface area contributed by atoms with E-state index in [0.29, 0.717) is 31.1 Å². The number of oxazole rings is 1. The van der Waals surface area contributed by atoms with Crippen LogP contribution in [0.25, 0.3) is 11.3 Å². The zero-order valence-corrected chi connectivity index (χ0v) is 14.1. The van der Waals surface area contributed by atoms with Crippen molar-refractivity contribution in [3.63, 3.8) is 0 Å². The maximum absolute atomic E-state index is 12.1. The van der Waals surface area contributed by atoms with Crippen molar-refractivity contribution in [3.05, 3.63) is 66.7 Å². The van der Waals surface area contributed by atoms with Crippen LogP contribution < -0.4 is 10.1 Å². The summed E-state index contributed by atoms with van der Waals surface area (Å²) in [6, 6.07) is 17.1. The van der Waals surface area contributed by atoms with Crippen LogP contribution in [0.2, 0.25) is 0 Å². The van der Waals surface area contributed by atoms with Gasteiger partial charge in [0.15, 0.2) is 11.7 Å². The number of aromatic nitrogens is 1. The third-order valence-electron chi connectivity index (χ3n) is 3.63. The Kier molecular flexibility index (Phi) is 5.46. The van der Waals surface area contributed by atoms with Crippen LogP contribution in [0.1, 0.15) is 19.2 Å². The molecule has 2 aromatic carbocycles. The molecule has 0 radical (unpaired) electrons. The van der Waals surface area contributed by atoms with Gasteiger partial charge in [-0.3, -0.25) is 4.79 Å². The Bertz CT molecular complexity index is 810. The summed E-state index contributed by atoms with van der Waals surface area (Å²) >= 11 is 0. The number of carbonyl (C=O) groups is 1. The van der Waals surface area contributed by atoms with Gasteiger partial charge < -0.3 is 14.5 Å². The second kappa shape index (κ2) is 8.15. The predicted molar refractivity (Wildman–Crippen MR) is 96.5 cm³/mol. The topological polar surface area (TPSA) is 64.4 Å². The summed E-state index contributed by atoms with van der Waals surface area (Å²) in [5.41, 5.74) is 1.71. The lowest BCUT2D eigenvalue weighted by Crippen LogP contribution is -2.12. The van der Waals surface area contributed by atoms with E-state index in [4.69, 9.17) is 9.15 Å². The summed E-state index contributed by atoms with van der Waals surface area (Å²) in [4.78, 5) is 16.3. The van der Waals surface area contributed by atoms with Crippen molar-refractivity contribution in [2.24, 2.45) is 0 Å². The van der Waals surface area contributed by atoms with Crippen molar-refractivity contribution < 1.29 is 13.9 Å². The van der Waals surface area contributed by atoms with E-state index in [1.54, 1.807) is 6.20 Å². The van der Waals surface area contributed by atoms with E-state index in [-0.39, 0.29) is 5.91 Å². The SMILES string of the molecule is CCOc1ccc(NC(=O)CCc2ncc(-c3ccccc3)o2)cc1. The van der Waals surface area contributed by atoms with Crippen LogP contribution in [0.5, 0.6) is 5.75 Å². The van der Waals surface area contributed by atoms with E-state index in [0.717, 1.165) is 17.0 Å². The van der Waals surface area contributed by atoms with Gasteiger partial charge in [-0.05, 0) is 31.2 Å². The first-order valence-corrected chi connectivity index (χ1v) is 8.27. The number of ether oxygens (including phenoxy) is 1. The number of anilines is 1. The van der Waals surface area contributed by atoms with Gasteiger partial charge >= 0.3 is 0 Å². The maximum atomic E-state index is 12.1. The minimum absolute atomic E-state index is 0.0800. The van der Waals surface area contributed by atoms with Gasteiger partial charge in [-0.25, -0.2) is 4.98 Å². The van der Waals surface area contributed by atoms with E-state index in [1.807, 2.05) is 61.5 Å². The van der Waals surface area contributed by atoms with Gasteiger partial charge in [0, 0.05) is 24.1 Å². The molecule has 0 atom stereocenters. The Labute approximate surface area is 146 Å². The highest BCUT2D eigenvalue weighted by Crippen LogP contribution is 2.20. The van der Waals surface area contributed by atoms with Crippen molar-refractivity contribution in [2.45, 2.75) is 19.8 Å². The molecule has 3 aromatic rings. The minimum atomic E-state index is -0.0800. The van der Waals surface area contributed by atoms with Gasteiger partial charge in [-0.15, -0.1) is 0 Å². The number of hydrogen-bond donors (Lipinski definition) is 1. The standard InChI is InChI=1S/C20H20N2O3/c1-2-24-17-10-8-16(9-11-17)22-19(23)12-13-20-21-14-18(25-20)15-6-4-3-5-7-15/h3-11,14H,2,12-13H2,1H3,(H,22,23). The van der Waals surface area contributed by atoms with E-state index < -0.39 is 0 Å². The number of nitrogens with one attached hydrogen (secondary N) is 1. The molecule has 5 nitrogen and oxygen atoms in total. The lowest BCUT2D eigenvalue weighted by molar-refractivity contribution is -0.116. The molecule has 1 aromatic heterocycles. The average Bonchev–Trinajstić information content (AvgIpc) is 3.12. The second-order valence-electron chi connectivity index (χ2n) is 5.49. The molecule has 5 heteroatoms. The number of hydrogen-bond acceptors (Lipinski definition) is 4. The van der Waals surface area contributed by atoms with Gasteiger partial charge in [-0.2, -0.15) is 0 Å². The first kappa shape index (κ1) is 16.8. The van der Waals surface area contributed by atoms with E-state index in [1.165, 1.54) is 0 Å². The van der Waals surface area contributed by atoms with Gasteiger partial charge in [0.1, 0.15) is 5.75 Å². The maximum Gasteiger partial charge on any atom is 0.224 e. The Morgan fingerprint density at radius 3 is 2.60 bits per heavy atom. The summed E-state index contributed by atoms with van der Waals surface area (Å²) in [5.74, 6) is 1.97. The Morgan fingerprint density at radius 1 is 1.12 bits per heavy atom. The molecule has 0 fully saturated rings. The average molecular weight is 336 g/mol. The molecule has 1 amide bonds. The molecule has 128 valence electrons. The zero-order chi connectivity index (χ0) is 17.5. The van der Waals surface area contributed by atoms with Crippen molar-refractivity contribution in [1.82, 2.24) is 4.98 Å². The van der Waals surface area contributed by atoms with Crippen LogP contribution in [-0.4, -0.2) is 17.5 Å². The van der Waals surface area contributed by atoms with E-state index >= 15 is 0 Å². The molecular formula is C20H20N2O3. The first-order chi connectivity index (χ1) is 12.2. The summed E-state index contributed by atoms with van der Waals surface area (Å²) < 4.78 is 11.1. The molecule has 0 unspecified atom stereocenters. The highest BCUT2D eigenvalue weighted by atomic mass is 16.5. The number of benzene rings is 2. The summed E-state index contributed by atoms with van der Waals surface area (Å²) in [6.45, 7) is 2.55. The predicted octanol–water partition coefficient (Wildman–Crippen LogP) is 4.31. The molecule has 25 heavy (non-hydrogen) atoms. The molecule has 0 aliphatic carbocycles. The third kappa shape index (κ3) is 4.70. The second-order valence-corrected chi connectivity index (χ2v) is 5.49. The fraction of sp³-hybridized carbons (Fsp3) is 0.200. The van der Waals surface area contributed by atoms with Crippen LogP contribution in [-0.2, 0) is 11.2 Å². The van der Waals surface area contributed by atoms with Crippen LogP contribution in [0.15, 0.2) is 65.2 Å². The van der Waals surface area contributed by atoms with Crippen molar-refractivity contribution in [1.29, 1.82) is 0 Å². The number of amides is 1. The highest BCUT2D eigenvalue weighted by Gasteiger charge is 2.09. The van der Waals surface area contributed by atoms with Crippen molar-refractivity contribution >= 4 is 11.6 Å². The van der Waals surface area contributed by atoms with E-state index in [9.17, 15) is 4.79 Å².